The molecule has 0 aromatic heterocycles. The van der Waals surface area contributed by atoms with Crippen molar-refractivity contribution in [2.75, 3.05) is 25.4 Å². The van der Waals surface area contributed by atoms with Gasteiger partial charge >= 0.3 is 0 Å². The van der Waals surface area contributed by atoms with Gasteiger partial charge in [-0.15, -0.1) is 0 Å². The molecule has 0 saturated carbocycles. The number of benzene rings is 1. The van der Waals surface area contributed by atoms with Crippen molar-refractivity contribution in [3.8, 4) is 0 Å². The highest BCUT2D eigenvalue weighted by atomic mass is 32.2. The van der Waals surface area contributed by atoms with Gasteiger partial charge in [0.2, 0.25) is 0 Å². The monoisotopic (exact) mass is 281 g/mol. The molecule has 19 heavy (non-hydrogen) atoms. The van der Waals surface area contributed by atoms with Crippen molar-refractivity contribution in [1.29, 1.82) is 0 Å². The minimum Gasteiger partial charge on any atom is -0.301 e. The summed E-state index contributed by atoms with van der Waals surface area (Å²) < 4.78 is 13.1. The predicted octanol–water partition coefficient (Wildman–Crippen LogP) is 3.23. The first kappa shape index (κ1) is 14.5. The van der Waals surface area contributed by atoms with Crippen LogP contribution in [0.1, 0.15) is 30.1 Å². The van der Waals surface area contributed by atoms with Crippen LogP contribution < -0.4 is 0 Å². The second-order valence-electron chi connectivity index (χ2n) is 4.89. The van der Waals surface area contributed by atoms with Gasteiger partial charge in [-0.2, -0.15) is 11.8 Å². The van der Waals surface area contributed by atoms with Gasteiger partial charge in [-0.1, -0.05) is 19.1 Å². The van der Waals surface area contributed by atoms with Crippen LogP contribution in [0.4, 0.5) is 4.39 Å². The summed E-state index contributed by atoms with van der Waals surface area (Å²) in [5.74, 6) is 0.837. The van der Waals surface area contributed by atoms with E-state index in [1.54, 1.807) is 12.1 Å². The lowest BCUT2D eigenvalue weighted by Gasteiger charge is -2.31. The molecule has 1 unspecified atom stereocenters. The van der Waals surface area contributed by atoms with Gasteiger partial charge in [-0.3, -0.25) is 4.79 Å². The van der Waals surface area contributed by atoms with E-state index in [2.05, 4.69) is 11.8 Å². The van der Waals surface area contributed by atoms with Crippen LogP contribution in [-0.4, -0.2) is 41.3 Å². The minimum absolute atomic E-state index is 0.0331. The Labute approximate surface area is 118 Å². The second-order valence-corrected chi connectivity index (χ2v) is 6.29. The van der Waals surface area contributed by atoms with Gasteiger partial charge in [0.1, 0.15) is 5.82 Å². The number of hydrogen-bond acceptors (Lipinski definition) is 3. The summed E-state index contributed by atoms with van der Waals surface area (Å²) >= 11 is 2.02. The Morgan fingerprint density at radius 1 is 1.53 bits per heavy atom. The Hall–Kier alpha value is -0.870. The molecule has 0 bridgehead atoms. The van der Waals surface area contributed by atoms with E-state index in [-0.39, 0.29) is 11.6 Å². The van der Waals surface area contributed by atoms with Crippen LogP contribution in [0.3, 0.4) is 0 Å². The third-order valence-corrected chi connectivity index (χ3v) is 4.85. The number of carbonyl (C=O) groups is 1. The van der Waals surface area contributed by atoms with Crippen LogP contribution in [0.2, 0.25) is 0 Å². The van der Waals surface area contributed by atoms with Crippen LogP contribution in [0, 0.1) is 5.82 Å². The Kier molecular flexibility index (Phi) is 5.40. The molecule has 1 atom stereocenters. The summed E-state index contributed by atoms with van der Waals surface area (Å²) in [4.78, 5) is 14.3. The van der Waals surface area contributed by atoms with Gasteiger partial charge in [0.15, 0.2) is 5.78 Å². The zero-order chi connectivity index (χ0) is 13.7. The number of carbonyl (C=O) groups excluding carboxylic acids is 1. The molecule has 4 heteroatoms. The van der Waals surface area contributed by atoms with Crippen molar-refractivity contribution in [2.24, 2.45) is 0 Å². The topological polar surface area (TPSA) is 20.3 Å². The Bertz CT molecular complexity index is 438. The second kappa shape index (κ2) is 7.06. The Balaban J connectivity index is 1.83. The Morgan fingerprint density at radius 2 is 2.37 bits per heavy atom. The maximum atomic E-state index is 13.1. The molecule has 0 aliphatic carbocycles. The quantitative estimate of drug-likeness (QED) is 0.773. The average Bonchev–Trinajstić information content (AvgIpc) is 2.45. The summed E-state index contributed by atoms with van der Waals surface area (Å²) in [5, 5.41) is 0.693. The van der Waals surface area contributed by atoms with Crippen LogP contribution >= 0.6 is 11.8 Å². The van der Waals surface area contributed by atoms with Gasteiger partial charge in [-0.25, -0.2) is 4.39 Å². The molecule has 0 spiro atoms. The van der Waals surface area contributed by atoms with E-state index < -0.39 is 0 Å². The number of thioether (sulfide) groups is 1. The maximum absolute atomic E-state index is 13.1. The van der Waals surface area contributed by atoms with Crippen LogP contribution in [0.5, 0.6) is 0 Å². The molecule has 1 saturated heterocycles. The smallest absolute Gasteiger partial charge is 0.164 e. The molecule has 1 fully saturated rings. The third kappa shape index (κ3) is 4.32. The number of ketones is 1. The van der Waals surface area contributed by atoms with Gasteiger partial charge in [-0.05, 0) is 18.6 Å². The van der Waals surface area contributed by atoms with Crippen molar-refractivity contribution in [1.82, 2.24) is 4.90 Å². The number of Topliss-reactive ketones (excluding diaryl/α,β-unsaturated/α-hetero) is 1. The highest BCUT2D eigenvalue weighted by Gasteiger charge is 2.19. The first-order valence-electron chi connectivity index (χ1n) is 6.81. The first-order valence-corrected chi connectivity index (χ1v) is 7.86. The fourth-order valence-corrected chi connectivity index (χ4v) is 3.55. The van der Waals surface area contributed by atoms with Crippen molar-refractivity contribution >= 4 is 17.5 Å². The molecule has 104 valence electrons. The van der Waals surface area contributed by atoms with E-state index in [0.717, 1.165) is 25.4 Å². The largest absolute Gasteiger partial charge is 0.301 e. The predicted molar refractivity (Wildman–Crippen MR) is 78.3 cm³/mol. The normalized spacial score (nSPS) is 20.4. The SMILES string of the molecule is CCC1CN(CCC(=O)c2cccc(F)c2)CCS1. The molecular formula is C15H20FNOS. The van der Waals surface area contributed by atoms with E-state index in [1.165, 1.54) is 18.6 Å². The fourth-order valence-electron chi connectivity index (χ4n) is 2.30. The zero-order valence-corrected chi connectivity index (χ0v) is 12.1. The molecule has 0 N–H and O–H groups in total. The fraction of sp³-hybridized carbons (Fsp3) is 0.533. The molecule has 1 aromatic carbocycles. The summed E-state index contributed by atoms with van der Waals surface area (Å²) in [7, 11) is 0. The molecule has 1 aliphatic heterocycles. The van der Waals surface area contributed by atoms with E-state index in [4.69, 9.17) is 0 Å². The van der Waals surface area contributed by atoms with Crippen molar-refractivity contribution in [3.05, 3.63) is 35.6 Å². The summed E-state index contributed by atoms with van der Waals surface area (Å²) in [5.41, 5.74) is 0.485. The number of halogens is 1. The van der Waals surface area contributed by atoms with Crippen molar-refractivity contribution in [3.63, 3.8) is 0 Å². The summed E-state index contributed by atoms with van der Waals surface area (Å²) in [6.07, 6.45) is 1.66. The zero-order valence-electron chi connectivity index (χ0n) is 11.3. The number of nitrogens with zero attached hydrogens (tertiary/aromatic N) is 1. The molecule has 2 nitrogen and oxygen atoms in total. The van der Waals surface area contributed by atoms with Gasteiger partial charge in [0.25, 0.3) is 0 Å². The molecule has 1 aromatic rings. The highest BCUT2D eigenvalue weighted by Crippen LogP contribution is 2.21. The molecule has 0 amide bonds. The molecule has 2 rings (SSSR count). The van der Waals surface area contributed by atoms with Gasteiger partial charge in [0.05, 0.1) is 0 Å². The lowest BCUT2D eigenvalue weighted by molar-refractivity contribution is 0.0964. The molecular weight excluding hydrogens is 261 g/mol. The average molecular weight is 281 g/mol. The maximum Gasteiger partial charge on any atom is 0.164 e. The highest BCUT2D eigenvalue weighted by molar-refractivity contribution is 8.00. The summed E-state index contributed by atoms with van der Waals surface area (Å²) in [6.45, 7) is 5.11. The first-order chi connectivity index (χ1) is 9.19. The lowest BCUT2D eigenvalue weighted by Crippen LogP contribution is -2.38. The van der Waals surface area contributed by atoms with Crippen LogP contribution in [-0.2, 0) is 0 Å². The van der Waals surface area contributed by atoms with Crippen LogP contribution in [0.25, 0.3) is 0 Å². The van der Waals surface area contributed by atoms with Gasteiger partial charge in [0, 0.05) is 42.6 Å². The molecule has 0 radical (unpaired) electrons. The van der Waals surface area contributed by atoms with Crippen molar-refractivity contribution in [2.45, 2.75) is 25.0 Å². The van der Waals surface area contributed by atoms with Crippen LogP contribution in [0.15, 0.2) is 24.3 Å². The van der Waals surface area contributed by atoms with E-state index in [9.17, 15) is 9.18 Å². The van der Waals surface area contributed by atoms with Crippen molar-refractivity contribution < 1.29 is 9.18 Å². The number of rotatable bonds is 5. The van der Waals surface area contributed by atoms with E-state index in [1.807, 2.05) is 11.8 Å². The van der Waals surface area contributed by atoms with E-state index in [0.29, 0.717) is 17.2 Å². The molecule has 1 heterocycles. The number of hydrogen-bond donors (Lipinski definition) is 0. The minimum atomic E-state index is -0.341. The summed E-state index contributed by atoms with van der Waals surface area (Å²) in [6, 6.07) is 5.97. The standard InChI is InChI=1S/C15H20FNOS/c1-2-14-11-17(8-9-19-14)7-6-15(18)12-4-3-5-13(16)10-12/h3-5,10,14H,2,6-9,11H2,1H3. The Morgan fingerprint density at radius 3 is 3.11 bits per heavy atom. The lowest BCUT2D eigenvalue weighted by atomic mass is 10.1. The molecule has 1 aliphatic rings. The third-order valence-electron chi connectivity index (χ3n) is 3.48. The van der Waals surface area contributed by atoms with Gasteiger partial charge < -0.3 is 4.90 Å². The van der Waals surface area contributed by atoms with E-state index >= 15 is 0 Å².